The van der Waals surface area contributed by atoms with Crippen LogP contribution in [0, 0.1) is 11.8 Å². The maximum absolute atomic E-state index is 13.5. The summed E-state index contributed by atoms with van der Waals surface area (Å²) >= 11 is 0. The summed E-state index contributed by atoms with van der Waals surface area (Å²) in [5, 5.41) is 10.7. The molecule has 3 rings (SSSR count). The van der Waals surface area contributed by atoms with Gasteiger partial charge in [-0.1, -0.05) is 57.7 Å². The Bertz CT molecular complexity index is 968. The van der Waals surface area contributed by atoms with Crippen LogP contribution in [0.4, 0.5) is 0 Å². The van der Waals surface area contributed by atoms with E-state index < -0.39 is 50.4 Å². The smallest absolute Gasteiger partial charge is 0.356 e. The van der Waals surface area contributed by atoms with Crippen LogP contribution in [0.1, 0.15) is 50.0 Å². The Labute approximate surface area is 203 Å². The number of fused-ring (bicyclic) bond motifs is 1. The van der Waals surface area contributed by atoms with Crippen molar-refractivity contribution in [1.82, 2.24) is 4.90 Å². The monoisotopic (exact) mass is 487 g/mol. The fraction of sp³-hybridized carbons (Fsp3) is 0.577. The van der Waals surface area contributed by atoms with Crippen molar-refractivity contribution in [3.05, 3.63) is 48.0 Å². The van der Waals surface area contributed by atoms with Crippen molar-refractivity contribution < 1.29 is 28.7 Å². The number of carbonyl (C=O) groups is 3. The minimum atomic E-state index is -2.21. The molecular weight excluding hydrogens is 450 g/mol. The molecule has 1 saturated heterocycles. The van der Waals surface area contributed by atoms with Crippen molar-refractivity contribution in [3.63, 3.8) is 0 Å². The van der Waals surface area contributed by atoms with E-state index in [1.165, 1.54) is 6.08 Å². The van der Waals surface area contributed by atoms with E-state index in [9.17, 15) is 19.5 Å². The van der Waals surface area contributed by atoms with E-state index in [0.717, 1.165) is 10.5 Å². The lowest BCUT2D eigenvalue weighted by molar-refractivity contribution is -0.199. The van der Waals surface area contributed by atoms with Gasteiger partial charge in [-0.3, -0.25) is 9.59 Å². The zero-order valence-corrected chi connectivity index (χ0v) is 22.0. The zero-order chi connectivity index (χ0) is 25.4. The van der Waals surface area contributed by atoms with E-state index in [1.807, 2.05) is 25.1 Å². The average molecular weight is 488 g/mol. The van der Waals surface area contributed by atoms with Crippen LogP contribution in [-0.2, 0) is 25.2 Å². The molecule has 34 heavy (non-hydrogen) atoms. The van der Waals surface area contributed by atoms with Crippen molar-refractivity contribution in [2.24, 2.45) is 11.8 Å². The SMILES string of the molecule is C=CCOC(=O)C(O)N1C(=O)[C@H]([C@@H](C)O[Si](C)(C)C(C)(C)C)[C@H]1[C@H]1CCc2ccccc2C1=O. The first-order valence-corrected chi connectivity index (χ1v) is 14.8. The number of esters is 1. The van der Waals surface area contributed by atoms with Crippen LogP contribution in [0.3, 0.4) is 0 Å². The largest absolute Gasteiger partial charge is 0.458 e. The van der Waals surface area contributed by atoms with E-state index in [2.05, 4.69) is 40.4 Å². The van der Waals surface area contributed by atoms with Crippen molar-refractivity contribution >= 4 is 26.0 Å². The number of aliphatic hydroxyl groups excluding tert-OH is 1. The van der Waals surface area contributed by atoms with Gasteiger partial charge >= 0.3 is 5.97 Å². The first-order valence-electron chi connectivity index (χ1n) is 11.9. The van der Waals surface area contributed by atoms with Gasteiger partial charge in [0, 0.05) is 11.5 Å². The van der Waals surface area contributed by atoms with Crippen molar-refractivity contribution in [3.8, 4) is 0 Å². The number of aliphatic hydroxyl groups is 1. The predicted octanol–water partition coefficient (Wildman–Crippen LogP) is 3.72. The van der Waals surface area contributed by atoms with E-state index in [4.69, 9.17) is 9.16 Å². The highest BCUT2D eigenvalue weighted by molar-refractivity contribution is 6.74. The minimum Gasteiger partial charge on any atom is -0.458 e. The van der Waals surface area contributed by atoms with E-state index >= 15 is 0 Å². The molecular formula is C26H37NO6Si. The quantitative estimate of drug-likeness (QED) is 0.260. The molecule has 2 aliphatic rings. The summed E-state index contributed by atoms with van der Waals surface area (Å²) in [5.74, 6) is -2.56. The molecule has 1 fully saturated rings. The van der Waals surface area contributed by atoms with Crippen LogP contribution >= 0.6 is 0 Å². The molecule has 0 spiro atoms. The Kier molecular flexibility index (Phi) is 7.55. The number of ether oxygens (including phenoxy) is 1. The van der Waals surface area contributed by atoms with Gasteiger partial charge in [0.1, 0.15) is 6.61 Å². The first-order chi connectivity index (χ1) is 15.8. The van der Waals surface area contributed by atoms with E-state index in [0.29, 0.717) is 18.4 Å². The van der Waals surface area contributed by atoms with Crippen LogP contribution in [0.15, 0.2) is 36.9 Å². The molecule has 1 amide bonds. The van der Waals surface area contributed by atoms with Crippen LogP contribution < -0.4 is 0 Å². The summed E-state index contributed by atoms with van der Waals surface area (Å²) in [6, 6.07) is 6.82. The van der Waals surface area contributed by atoms with Gasteiger partial charge in [-0.25, -0.2) is 4.79 Å². The Morgan fingerprint density at radius 1 is 1.29 bits per heavy atom. The van der Waals surface area contributed by atoms with Crippen LogP contribution in [0.5, 0.6) is 0 Å². The van der Waals surface area contributed by atoms with Crippen LogP contribution in [-0.4, -0.2) is 61.0 Å². The van der Waals surface area contributed by atoms with Crippen LogP contribution in [0.2, 0.25) is 18.1 Å². The third kappa shape index (κ3) is 4.76. The van der Waals surface area contributed by atoms with Crippen molar-refractivity contribution in [1.29, 1.82) is 0 Å². The highest BCUT2D eigenvalue weighted by atomic mass is 28.4. The fourth-order valence-electron chi connectivity index (χ4n) is 4.75. The number of amides is 1. The number of Topliss-reactive ketones (excluding diaryl/α,β-unsaturated/α-hetero) is 1. The Hall–Kier alpha value is -2.29. The molecule has 1 heterocycles. The minimum absolute atomic E-state index is 0.0587. The molecule has 1 aromatic rings. The molecule has 0 radical (unpaired) electrons. The predicted molar refractivity (Wildman–Crippen MR) is 132 cm³/mol. The maximum Gasteiger partial charge on any atom is 0.356 e. The van der Waals surface area contributed by atoms with Crippen LogP contribution in [0.25, 0.3) is 0 Å². The Balaban J connectivity index is 1.93. The molecule has 5 atom stereocenters. The maximum atomic E-state index is 13.5. The number of rotatable bonds is 8. The molecule has 1 aromatic carbocycles. The number of aryl methyl sites for hydroxylation is 1. The first kappa shape index (κ1) is 26.3. The summed E-state index contributed by atoms with van der Waals surface area (Å²) in [5.41, 5.74) is 1.62. The summed E-state index contributed by atoms with van der Waals surface area (Å²) < 4.78 is 11.5. The molecule has 8 heteroatoms. The molecule has 7 nitrogen and oxygen atoms in total. The molecule has 1 aliphatic carbocycles. The second-order valence-corrected chi connectivity index (χ2v) is 15.6. The third-order valence-electron chi connectivity index (χ3n) is 7.60. The third-order valence-corrected chi connectivity index (χ3v) is 12.2. The molecule has 1 N–H and O–H groups in total. The lowest BCUT2D eigenvalue weighted by Crippen LogP contribution is -2.72. The summed E-state index contributed by atoms with van der Waals surface area (Å²) in [7, 11) is -2.21. The topological polar surface area (TPSA) is 93.1 Å². The summed E-state index contributed by atoms with van der Waals surface area (Å²) in [4.78, 5) is 40.4. The van der Waals surface area contributed by atoms with Gasteiger partial charge in [0.15, 0.2) is 14.1 Å². The molecule has 0 aromatic heterocycles. The molecule has 1 aliphatic heterocycles. The number of β-lactam (4-membered cyclic amide) rings is 1. The highest BCUT2D eigenvalue weighted by Gasteiger charge is 2.59. The standard InChI is InChI=1S/C26H37NO6Si/c1-8-15-32-25(31)24(30)27-21(19-14-13-17-11-9-10-12-18(17)22(19)28)20(23(27)29)16(2)33-34(6,7)26(3,4)5/h8-12,16,19-21,24,30H,1,13-15H2,2-7H3/t16-,19-,20-,21-,24?/m1/s1. The summed E-state index contributed by atoms with van der Waals surface area (Å²) in [6.07, 6.45) is 0.364. The zero-order valence-electron chi connectivity index (χ0n) is 21.0. The summed E-state index contributed by atoms with van der Waals surface area (Å²) in [6.45, 7) is 15.9. The van der Waals surface area contributed by atoms with Gasteiger partial charge in [-0.05, 0) is 43.5 Å². The Morgan fingerprint density at radius 2 is 1.94 bits per heavy atom. The van der Waals surface area contributed by atoms with Crippen molar-refractivity contribution in [2.45, 2.75) is 77.0 Å². The average Bonchev–Trinajstić information content (AvgIpc) is 2.75. The Morgan fingerprint density at radius 3 is 2.56 bits per heavy atom. The number of likely N-dealkylation sites (tertiary alicyclic amines) is 1. The number of carbonyl (C=O) groups excluding carboxylic acids is 3. The second kappa shape index (κ2) is 9.75. The van der Waals surface area contributed by atoms with Gasteiger partial charge in [0.05, 0.1) is 18.1 Å². The molecule has 1 unspecified atom stereocenters. The van der Waals surface area contributed by atoms with Gasteiger partial charge in [0.2, 0.25) is 12.1 Å². The molecule has 0 saturated carbocycles. The molecule has 0 bridgehead atoms. The second-order valence-electron chi connectivity index (χ2n) is 10.8. The van der Waals surface area contributed by atoms with Crippen molar-refractivity contribution in [2.75, 3.05) is 6.61 Å². The number of hydrogen-bond acceptors (Lipinski definition) is 6. The number of nitrogens with zero attached hydrogens (tertiary/aromatic N) is 1. The van der Waals surface area contributed by atoms with E-state index in [-0.39, 0.29) is 17.4 Å². The fourth-order valence-corrected chi connectivity index (χ4v) is 6.18. The number of hydrogen-bond donors (Lipinski definition) is 1. The van der Waals surface area contributed by atoms with Gasteiger partial charge in [-0.15, -0.1) is 0 Å². The van der Waals surface area contributed by atoms with Gasteiger partial charge < -0.3 is 19.2 Å². The molecule has 186 valence electrons. The normalized spacial score (nSPS) is 24.7. The lowest BCUT2D eigenvalue weighted by Gasteiger charge is -2.54. The van der Waals surface area contributed by atoms with E-state index in [1.54, 1.807) is 6.07 Å². The lowest BCUT2D eigenvalue weighted by atomic mass is 9.69. The van der Waals surface area contributed by atoms with Gasteiger partial charge in [0.25, 0.3) is 0 Å². The highest BCUT2D eigenvalue weighted by Crippen LogP contribution is 2.45. The number of ketones is 1. The van der Waals surface area contributed by atoms with Gasteiger partial charge in [-0.2, -0.15) is 0 Å². The number of benzene rings is 1.